The first-order chi connectivity index (χ1) is 10.7. The highest BCUT2D eigenvalue weighted by Gasteiger charge is 2.12. The lowest BCUT2D eigenvalue weighted by Gasteiger charge is -2.26. The Bertz CT molecular complexity index is 517. The van der Waals surface area contributed by atoms with Crippen LogP contribution in [0.15, 0.2) is 30.3 Å². The summed E-state index contributed by atoms with van der Waals surface area (Å²) in [6.45, 7) is 3.51. The zero-order chi connectivity index (χ0) is 15.8. The van der Waals surface area contributed by atoms with Crippen LogP contribution in [0.3, 0.4) is 0 Å². The van der Waals surface area contributed by atoms with Gasteiger partial charge >= 0.3 is 6.03 Å². The molecule has 0 aromatic heterocycles. The Hall–Kier alpha value is -1.96. The quantitative estimate of drug-likeness (QED) is 0.273. The van der Waals surface area contributed by atoms with E-state index in [9.17, 15) is 9.18 Å². The van der Waals surface area contributed by atoms with E-state index < -0.39 is 6.03 Å². The van der Waals surface area contributed by atoms with Crippen LogP contribution < -0.4 is 22.1 Å². The van der Waals surface area contributed by atoms with Gasteiger partial charge in [0.2, 0.25) is 0 Å². The fraction of sp³-hybridized carbons (Fsp3) is 0.400. The fourth-order valence-corrected chi connectivity index (χ4v) is 2.41. The van der Waals surface area contributed by atoms with Crippen LogP contribution in [0.4, 0.5) is 9.18 Å². The number of nitrogens with one attached hydrogen (secondary N) is 3. The maximum absolute atomic E-state index is 12.9. The van der Waals surface area contributed by atoms with Crippen molar-refractivity contribution in [2.24, 2.45) is 5.84 Å². The standard InChI is InChI=1S/C15H22FN5O/c16-14-4-2-12(3-5-14)13-6-10-21(11-7-13)9-1-8-18-20-15(22)19-17/h2-6,18H,1,7-11,17H2,(H2,19,20,22). The minimum absolute atomic E-state index is 0.203. The van der Waals surface area contributed by atoms with Crippen LogP contribution in [0.1, 0.15) is 18.4 Å². The summed E-state index contributed by atoms with van der Waals surface area (Å²) in [6.07, 6.45) is 4.09. The van der Waals surface area contributed by atoms with Crippen LogP contribution in [0.5, 0.6) is 0 Å². The average Bonchev–Trinajstić information content (AvgIpc) is 2.55. The summed E-state index contributed by atoms with van der Waals surface area (Å²) >= 11 is 0. The van der Waals surface area contributed by atoms with Crippen molar-refractivity contribution in [3.63, 3.8) is 0 Å². The van der Waals surface area contributed by atoms with Gasteiger partial charge in [0, 0.05) is 19.6 Å². The van der Waals surface area contributed by atoms with E-state index in [4.69, 9.17) is 5.84 Å². The molecule has 0 aliphatic carbocycles. The topological polar surface area (TPSA) is 82.4 Å². The molecule has 0 spiro atoms. The smallest absolute Gasteiger partial charge is 0.299 e. The van der Waals surface area contributed by atoms with Crippen molar-refractivity contribution in [2.75, 3.05) is 26.2 Å². The Morgan fingerprint density at radius 1 is 1.32 bits per heavy atom. The molecule has 0 radical (unpaired) electrons. The number of nitrogens with zero attached hydrogens (tertiary/aromatic N) is 1. The van der Waals surface area contributed by atoms with Crippen molar-refractivity contribution in [1.29, 1.82) is 0 Å². The SMILES string of the molecule is NNC(=O)NNCCCN1CC=C(c2ccc(F)cc2)CC1. The van der Waals surface area contributed by atoms with Crippen molar-refractivity contribution in [3.8, 4) is 0 Å². The van der Waals surface area contributed by atoms with Gasteiger partial charge in [0.15, 0.2) is 0 Å². The molecule has 0 bridgehead atoms. The minimum atomic E-state index is -0.454. The number of halogens is 1. The van der Waals surface area contributed by atoms with Gasteiger partial charge in [-0.2, -0.15) is 0 Å². The van der Waals surface area contributed by atoms with Crippen molar-refractivity contribution < 1.29 is 9.18 Å². The molecule has 0 unspecified atom stereocenters. The number of carbonyl (C=O) groups is 1. The summed E-state index contributed by atoms with van der Waals surface area (Å²) < 4.78 is 12.9. The zero-order valence-corrected chi connectivity index (χ0v) is 12.4. The van der Waals surface area contributed by atoms with Gasteiger partial charge < -0.3 is 0 Å². The van der Waals surface area contributed by atoms with E-state index in [1.807, 2.05) is 17.6 Å². The maximum Gasteiger partial charge on any atom is 0.343 e. The van der Waals surface area contributed by atoms with E-state index >= 15 is 0 Å². The molecule has 0 saturated heterocycles. The number of hydrazine groups is 2. The van der Waals surface area contributed by atoms with Crippen molar-refractivity contribution in [1.82, 2.24) is 21.2 Å². The number of rotatable bonds is 6. The molecule has 2 amide bonds. The molecule has 22 heavy (non-hydrogen) atoms. The van der Waals surface area contributed by atoms with E-state index in [0.717, 1.165) is 38.0 Å². The zero-order valence-electron chi connectivity index (χ0n) is 12.4. The molecule has 1 aliphatic heterocycles. The van der Waals surface area contributed by atoms with Crippen LogP contribution >= 0.6 is 0 Å². The molecule has 5 N–H and O–H groups in total. The van der Waals surface area contributed by atoms with Crippen LogP contribution in [-0.2, 0) is 0 Å². The number of nitrogens with two attached hydrogens (primary N) is 1. The number of benzene rings is 1. The minimum Gasteiger partial charge on any atom is -0.299 e. The largest absolute Gasteiger partial charge is 0.343 e. The van der Waals surface area contributed by atoms with Crippen molar-refractivity contribution >= 4 is 11.6 Å². The molecular weight excluding hydrogens is 285 g/mol. The second-order valence-corrected chi connectivity index (χ2v) is 5.17. The van der Waals surface area contributed by atoms with E-state index in [1.165, 1.54) is 17.7 Å². The Morgan fingerprint density at radius 2 is 2.09 bits per heavy atom. The summed E-state index contributed by atoms with van der Waals surface area (Å²) in [4.78, 5) is 13.2. The molecule has 1 aromatic carbocycles. The Kier molecular flexibility index (Phi) is 6.32. The molecule has 7 heteroatoms. The number of carbonyl (C=O) groups excluding carboxylic acids is 1. The van der Waals surface area contributed by atoms with Crippen LogP contribution in [0, 0.1) is 5.82 Å². The molecular formula is C15H22FN5O. The molecule has 120 valence electrons. The van der Waals surface area contributed by atoms with Gasteiger partial charge in [-0.25, -0.2) is 20.5 Å². The third kappa shape index (κ3) is 5.10. The fourth-order valence-electron chi connectivity index (χ4n) is 2.41. The van der Waals surface area contributed by atoms with Crippen LogP contribution in [-0.4, -0.2) is 37.1 Å². The molecule has 2 rings (SSSR count). The lowest BCUT2D eigenvalue weighted by atomic mass is 9.99. The maximum atomic E-state index is 12.9. The average molecular weight is 307 g/mol. The monoisotopic (exact) mass is 307 g/mol. The van der Waals surface area contributed by atoms with E-state index in [1.54, 1.807) is 0 Å². The van der Waals surface area contributed by atoms with Crippen LogP contribution in [0.25, 0.3) is 5.57 Å². The molecule has 0 atom stereocenters. The summed E-state index contributed by atoms with van der Waals surface area (Å²) in [5.74, 6) is 4.73. The Balaban J connectivity index is 1.68. The van der Waals surface area contributed by atoms with Crippen molar-refractivity contribution in [2.45, 2.75) is 12.8 Å². The first kappa shape index (κ1) is 16.4. The van der Waals surface area contributed by atoms with E-state index in [0.29, 0.717) is 6.54 Å². The van der Waals surface area contributed by atoms with Gasteiger partial charge in [-0.3, -0.25) is 15.8 Å². The molecule has 6 nitrogen and oxygen atoms in total. The van der Waals surface area contributed by atoms with Gasteiger partial charge in [-0.15, -0.1) is 0 Å². The second kappa shape index (κ2) is 8.47. The van der Waals surface area contributed by atoms with Gasteiger partial charge in [0.05, 0.1) is 0 Å². The highest BCUT2D eigenvalue weighted by molar-refractivity contribution is 5.72. The number of amides is 2. The summed E-state index contributed by atoms with van der Waals surface area (Å²) in [5.41, 5.74) is 9.56. The predicted octanol–water partition coefficient (Wildman–Crippen LogP) is 0.982. The van der Waals surface area contributed by atoms with Crippen molar-refractivity contribution in [3.05, 3.63) is 41.7 Å². The molecule has 0 fully saturated rings. The van der Waals surface area contributed by atoms with E-state index in [-0.39, 0.29) is 5.82 Å². The van der Waals surface area contributed by atoms with E-state index in [2.05, 4.69) is 21.8 Å². The molecule has 1 aromatic rings. The second-order valence-electron chi connectivity index (χ2n) is 5.17. The highest BCUT2D eigenvalue weighted by atomic mass is 19.1. The molecule has 0 saturated carbocycles. The highest BCUT2D eigenvalue weighted by Crippen LogP contribution is 2.22. The lowest BCUT2D eigenvalue weighted by Crippen LogP contribution is -2.47. The molecule has 1 heterocycles. The first-order valence-electron chi connectivity index (χ1n) is 7.36. The Labute approximate surface area is 129 Å². The normalized spacial score (nSPS) is 15.3. The summed E-state index contributed by atoms with van der Waals surface area (Å²) in [6, 6.07) is 6.20. The third-order valence-electron chi connectivity index (χ3n) is 3.62. The molecule has 1 aliphatic rings. The van der Waals surface area contributed by atoms with Gasteiger partial charge in [-0.1, -0.05) is 18.2 Å². The summed E-state index contributed by atoms with van der Waals surface area (Å²) in [5, 5.41) is 0. The van der Waals surface area contributed by atoms with Crippen LogP contribution in [0.2, 0.25) is 0 Å². The Morgan fingerprint density at radius 3 is 2.73 bits per heavy atom. The third-order valence-corrected chi connectivity index (χ3v) is 3.62. The number of urea groups is 1. The lowest BCUT2D eigenvalue weighted by molar-refractivity contribution is 0.235. The summed E-state index contributed by atoms with van der Waals surface area (Å²) in [7, 11) is 0. The predicted molar refractivity (Wildman–Crippen MR) is 83.9 cm³/mol. The van der Waals surface area contributed by atoms with Gasteiger partial charge in [0.1, 0.15) is 5.82 Å². The number of hydrogen-bond donors (Lipinski definition) is 4. The number of hydrogen-bond acceptors (Lipinski definition) is 4. The first-order valence-corrected chi connectivity index (χ1v) is 7.36. The van der Waals surface area contributed by atoms with Gasteiger partial charge in [-0.05, 0) is 42.7 Å². The van der Waals surface area contributed by atoms with Gasteiger partial charge in [0.25, 0.3) is 0 Å².